The van der Waals surface area contributed by atoms with Gasteiger partial charge >= 0.3 is 0 Å². The zero-order valence-corrected chi connectivity index (χ0v) is 11.6. The van der Waals surface area contributed by atoms with E-state index in [1.165, 1.54) is 11.5 Å². The lowest BCUT2D eigenvalue weighted by molar-refractivity contribution is 0.0964. The van der Waals surface area contributed by atoms with Crippen molar-refractivity contribution in [3.8, 4) is 0 Å². The summed E-state index contributed by atoms with van der Waals surface area (Å²) in [6, 6.07) is 0.364. The van der Waals surface area contributed by atoms with E-state index in [-0.39, 0.29) is 5.91 Å². The standard InChI is InChI=1S/C11H20N4OS/c1-5-6-7(2)15(4)11-8(10(16)13-3)9(12)14-17-11/h7H,5-6H2,1-4H3,(H2,12,14)(H,13,16). The third kappa shape index (κ3) is 2.88. The van der Waals surface area contributed by atoms with E-state index in [1.807, 2.05) is 7.05 Å². The molecule has 1 atom stereocenters. The summed E-state index contributed by atoms with van der Waals surface area (Å²) in [4.78, 5) is 13.8. The topological polar surface area (TPSA) is 71.2 Å². The maximum absolute atomic E-state index is 11.8. The van der Waals surface area contributed by atoms with Crippen molar-refractivity contribution in [2.75, 3.05) is 24.7 Å². The van der Waals surface area contributed by atoms with Gasteiger partial charge in [-0.15, -0.1) is 0 Å². The van der Waals surface area contributed by atoms with Crippen LogP contribution in [0.1, 0.15) is 37.0 Å². The van der Waals surface area contributed by atoms with Crippen LogP contribution in [0.3, 0.4) is 0 Å². The average Bonchev–Trinajstić information content (AvgIpc) is 2.69. The number of aromatic nitrogens is 1. The molecule has 1 aromatic heterocycles. The summed E-state index contributed by atoms with van der Waals surface area (Å²) in [6.07, 6.45) is 2.18. The molecule has 96 valence electrons. The first-order valence-corrected chi connectivity index (χ1v) is 6.50. The zero-order valence-electron chi connectivity index (χ0n) is 10.8. The van der Waals surface area contributed by atoms with Crippen molar-refractivity contribution >= 4 is 28.3 Å². The molecule has 1 rings (SSSR count). The molecule has 0 spiro atoms. The Kier molecular flexibility index (Phi) is 4.74. The highest BCUT2D eigenvalue weighted by Gasteiger charge is 2.23. The molecular weight excluding hydrogens is 236 g/mol. The Hall–Kier alpha value is -1.30. The van der Waals surface area contributed by atoms with Crippen LogP contribution in [-0.2, 0) is 0 Å². The number of carbonyl (C=O) groups is 1. The summed E-state index contributed by atoms with van der Waals surface area (Å²) in [7, 11) is 3.57. The number of nitrogens with one attached hydrogen (secondary N) is 1. The van der Waals surface area contributed by atoms with Crippen LogP contribution in [0.15, 0.2) is 0 Å². The van der Waals surface area contributed by atoms with Gasteiger partial charge in [-0.25, -0.2) is 0 Å². The molecular formula is C11H20N4OS. The predicted octanol–water partition coefficient (Wildman–Crippen LogP) is 1.71. The van der Waals surface area contributed by atoms with Gasteiger partial charge in [-0.05, 0) is 24.9 Å². The van der Waals surface area contributed by atoms with E-state index in [9.17, 15) is 4.79 Å². The Labute approximate surface area is 106 Å². The monoisotopic (exact) mass is 256 g/mol. The van der Waals surface area contributed by atoms with E-state index in [0.29, 0.717) is 17.4 Å². The summed E-state index contributed by atoms with van der Waals surface area (Å²) in [5.74, 6) is 0.127. The van der Waals surface area contributed by atoms with Gasteiger partial charge in [-0.3, -0.25) is 4.79 Å². The first kappa shape index (κ1) is 13.8. The maximum atomic E-state index is 11.8. The average molecular weight is 256 g/mol. The van der Waals surface area contributed by atoms with Gasteiger partial charge in [0.15, 0.2) is 5.82 Å². The Morgan fingerprint density at radius 2 is 2.29 bits per heavy atom. The Morgan fingerprint density at radius 3 is 2.82 bits per heavy atom. The number of hydrogen-bond donors (Lipinski definition) is 2. The van der Waals surface area contributed by atoms with Crippen LogP contribution >= 0.6 is 11.5 Å². The summed E-state index contributed by atoms with van der Waals surface area (Å²) < 4.78 is 4.07. The van der Waals surface area contributed by atoms with Crippen LogP contribution in [0.5, 0.6) is 0 Å². The fourth-order valence-corrected chi connectivity index (χ4v) is 2.56. The second kappa shape index (κ2) is 5.86. The number of carbonyl (C=O) groups excluding carboxylic acids is 1. The SMILES string of the molecule is CCCC(C)N(C)c1snc(N)c1C(=O)NC. The second-order valence-corrected chi connectivity index (χ2v) is 4.83. The van der Waals surface area contributed by atoms with Crippen LogP contribution in [0.4, 0.5) is 10.8 Å². The highest BCUT2D eigenvalue weighted by molar-refractivity contribution is 7.11. The minimum absolute atomic E-state index is 0.179. The lowest BCUT2D eigenvalue weighted by Crippen LogP contribution is -2.30. The molecule has 5 nitrogen and oxygen atoms in total. The van der Waals surface area contributed by atoms with Crippen molar-refractivity contribution in [2.24, 2.45) is 0 Å². The molecule has 0 aliphatic heterocycles. The molecule has 0 aliphatic carbocycles. The van der Waals surface area contributed by atoms with Crippen LogP contribution in [0.25, 0.3) is 0 Å². The molecule has 0 aliphatic rings. The minimum atomic E-state index is -0.179. The fraction of sp³-hybridized carbons (Fsp3) is 0.636. The second-order valence-electron chi connectivity index (χ2n) is 4.08. The molecule has 17 heavy (non-hydrogen) atoms. The van der Waals surface area contributed by atoms with Crippen LogP contribution in [0.2, 0.25) is 0 Å². The lowest BCUT2D eigenvalue weighted by Gasteiger charge is -2.25. The largest absolute Gasteiger partial charge is 0.382 e. The highest BCUT2D eigenvalue weighted by atomic mass is 32.1. The van der Waals surface area contributed by atoms with Crippen molar-refractivity contribution in [1.82, 2.24) is 9.69 Å². The number of nitrogen functional groups attached to an aromatic ring is 1. The Balaban J connectivity index is 3.01. The van der Waals surface area contributed by atoms with Crippen LogP contribution < -0.4 is 16.0 Å². The number of anilines is 2. The van der Waals surface area contributed by atoms with Gasteiger partial charge in [0, 0.05) is 20.1 Å². The minimum Gasteiger partial charge on any atom is -0.382 e. The third-order valence-corrected chi connectivity index (χ3v) is 3.80. The first-order chi connectivity index (χ1) is 8.02. The van der Waals surface area contributed by atoms with Crippen molar-refractivity contribution in [2.45, 2.75) is 32.7 Å². The number of nitrogens with zero attached hydrogens (tertiary/aromatic N) is 2. The van der Waals surface area contributed by atoms with Gasteiger partial charge in [0.05, 0.1) is 0 Å². The zero-order chi connectivity index (χ0) is 13.0. The van der Waals surface area contributed by atoms with Crippen molar-refractivity contribution in [3.63, 3.8) is 0 Å². The Bertz CT molecular complexity index is 391. The van der Waals surface area contributed by atoms with Gasteiger partial charge < -0.3 is 16.0 Å². The number of amides is 1. The maximum Gasteiger partial charge on any atom is 0.257 e. The molecule has 0 saturated heterocycles. The van der Waals surface area contributed by atoms with Gasteiger partial charge in [0.25, 0.3) is 5.91 Å². The smallest absolute Gasteiger partial charge is 0.257 e. The molecule has 0 radical (unpaired) electrons. The van der Waals surface area contributed by atoms with Crippen LogP contribution in [0, 0.1) is 0 Å². The van der Waals surface area contributed by atoms with Gasteiger partial charge in [0.2, 0.25) is 0 Å². The van der Waals surface area contributed by atoms with Gasteiger partial charge in [0.1, 0.15) is 10.6 Å². The Morgan fingerprint density at radius 1 is 1.65 bits per heavy atom. The van der Waals surface area contributed by atoms with E-state index in [0.717, 1.165) is 17.8 Å². The molecule has 1 unspecified atom stereocenters. The molecule has 3 N–H and O–H groups in total. The summed E-state index contributed by atoms with van der Waals surface area (Å²) in [5.41, 5.74) is 6.23. The van der Waals surface area contributed by atoms with Crippen molar-refractivity contribution < 1.29 is 4.79 Å². The molecule has 0 aromatic carbocycles. The highest BCUT2D eigenvalue weighted by Crippen LogP contribution is 2.31. The third-order valence-electron chi connectivity index (χ3n) is 2.84. The molecule has 1 aromatic rings. The number of rotatable bonds is 5. The number of hydrogen-bond acceptors (Lipinski definition) is 5. The van der Waals surface area contributed by atoms with E-state index in [2.05, 4.69) is 28.4 Å². The molecule has 6 heteroatoms. The van der Waals surface area contributed by atoms with E-state index >= 15 is 0 Å². The molecule has 0 saturated carbocycles. The summed E-state index contributed by atoms with van der Waals surface area (Å²) in [6.45, 7) is 4.28. The van der Waals surface area contributed by atoms with E-state index < -0.39 is 0 Å². The predicted molar refractivity (Wildman–Crippen MR) is 72.7 cm³/mol. The van der Waals surface area contributed by atoms with Crippen LogP contribution in [-0.4, -0.2) is 30.4 Å². The first-order valence-electron chi connectivity index (χ1n) is 5.72. The van der Waals surface area contributed by atoms with Crippen molar-refractivity contribution in [3.05, 3.63) is 5.56 Å². The van der Waals surface area contributed by atoms with E-state index in [4.69, 9.17) is 5.73 Å². The van der Waals surface area contributed by atoms with Gasteiger partial charge in [-0.2, -0.15) is 4.37 Å². The summed E-state index contributed by atoms with van der Waals surface area (Å²) in [5, 5.41) is 3.43. The molecule has 0 bridgehead atoms. The quantitative estimate of drug-likeness (QED) is 0.841. The molecule has 1 amide bonds. The fourth-order valence-electron chi connectivity index (χ4n) is 1.68. The van der Waals surface area contributed by atoms with Gasteiger partial charge in [-0.1, -0.05) is 13.3 Å². The van der Waals surface area contributed by atoms with E-state index in [1.54, 1.807) is 7.05 Å². The molecule has 1 heterocycles. The normalized spacial score (nSPS) is 12.2. The molecule has 0 fully saturated rings. The summed E-state index contributed by atoms with van der Waals surface area (Å²) >= 11 is 1.27. The number of nitrogens with two attached hydrogens (primary N) is 1. The van der Waals surface area contributed by atoms with Crippen molar-refractivity contribution in [1.29, 1.82) is 0 Å². The lowest BCUT2D eigenvalue weighted by atomic mass is 10.1.